The average Bonchev–Trinajstić information content (AvgIpc) is 3.46. The number of imidazole rings is 1. The van der Waals surface area contributed by atoms with Crippen molar-refractivity contribution in [2.24, 2.45) is 11.8 Å². The number of hydroxylamine groups is 1. The van der Waals surface area contributed by atoms with E-state index >= 15 is 0 Å². The fourth-order valence-electron chi connectivity index (χ4n) is 4.24. The number of aromatic nitrogens is 2. The number of nitrogens with zero attached hydrogens (tertiary/aromatic N) is 1. The summed E-state index contributed by atoms with van der Waals surface area (Å²) in [5.41, 5.74) is 3.45. The van der Waals surface area contributed by atoms with E-state index in [2.05, 4.69) is 15.3 Å². The Kier molecular flexibility index (Phi) is 11.2. The van der Waals surface area contributed by atoms with Crippen LogP contribution in [0.4, 0.5) is 0 Å². The summed E-state index contributed by atoms with van der Waals surface area (Å²) in [6, 6.07) is 12.3. The number of aromatic amines is 1. The van der Waals surface area contributed by atoms with Crippen molar-refractivity contribution in [2.75, 3.05) is 7.11 Å². The molecule has 2 aromatic carbocycles. The summed E-state index contributed by atoms with van der Waals surface area (Å²) >= 11 is 0. The number of ether oxygens (including phenoxy) is 1. The van der Waals surface area contributed by atoms with Gasteiger partial charge in [-0.05, 0) is 41.5 Å². The molecule has 3 rings (SSSR count). The van der Waals surface area contributed by atoms with E-state index in [0.717, 1.165) is 16.3 Å². The van der Waals surface area contributed by atoms with Crippen molar-refractivity contribution in [1.29, 1.82) is 0 Å². The molecule has 0 saturated heterocycles. The number of carbonyl (C=O) groups excluding carboxylic acids is 4. The molecule has 0 fully saturated rings. The van der Waals surface area contributed by atoms with Crippen molar-refractivity contribution in [1.82, 2.24) is 20.8 Å². The van der Waals surface area contributed by atoms with Gasteiger partial charge in [-0.25, -0.2) is 9.78 Å². The number of aliphatic hydroxyl groups is 1. The predicted molar refractivity (Wildman–Crippen MR) is 146 cm³/mol. The summed E-state index contributed by atoms with van der Waals surface area (Å²) in [6.45, 7) is 3.91. The molecule has 40 heavy (non-hydrogen) atoms. The molecule has 214 valence electrons. The Balaban J connectivity index is 1.75. The number of aliphatic hydroxyl groups excluding tert-OH is 1. The van der Waals surface area contributed by atoms with Gasteiger partial charge in [0.15, 0.2) is 6.10 Å². The molecule has 11 heteroatoms. The van der Waals surface area contributed by atoms with E-state index in [9.17, 15) is 24.3 Å². The third-order valence-corrected chi connectivity index (χ3v) is 6.51. The Morgan fingerprint density at radius 1 is 1.00 bits per heavy atom. The maximum Gasteiger partial charge on any atom is 0.360 e. The molecule has 0 spiro atoms. The lowest BCUT2D eigenvalue weighted by Crippen LogP contribution is -2.51. The number of hydrogen-bond acceptors (Lipinski definition) is 8. The largest absolute Gasteiger partial charge is 0.469 e. The van der Waals surface area contributed by atoms with E-state index in [-0.39, 0.29) is 31.6 Å². The zero-order valence-electron chi connectivity index (χ0n) is 22.9. The summed E-state index contributed by atoms with van der Waals surface area (Å²) in [7, 11) is 1.24. The second kappa shape index (κ2) is 14.8. The molecule has 1 heterocycles. The van der Waals surface area contributed by atoms with E-state index in [4.69, 9.17) is 9.57 Å². The van der Waals surface area contributed by atoms with Crippen LogP contribution in [0.3, 0.4) is 0 Å². The fourth-order valence-corrected chi connectivity index (χ4v) is 4.24. The van der Waals surface area contributed by atoms with Crippen molar-refractivity contribution in [2.45, 2.75) is 58.1 Å². The lowest BCUT2D eigenvalue weighted by molar-refractivity contribution is -0.167. The number of esters is 1. The second-order valence-corrected chi connectivity index (χ2v) is 10.0. The molecular weight excluding hydrogens is 516 g/mol. The molecule has 0 radical (unpaired) electrons. The van der Waals surface area contributed by atoms with Gasteiger partial charge in [0, 0.05) is 18.3 Å². The van der Waals surface area contributed by atoms with Gasteiger partial charge >= 0.3 is 11.9 Å². The van der Waals surface area contributed by atoms with Crippen molar-refractivity contribution in [3.05, 3.63) is 66.2 Å². The van der Waals surface area contributed by atoms with Gasteiger partial charge in [0.1, 0.15) is 6.04 Å². The summed E-state index contributed by atoms with van der Waals surface area (Å²) in [5.74, 6) is -3.51. The predicted octanol–water partition coefficient (Wildman–Crippen LogP) is 2.38. The fraction of sp³-hybridized carbons (Fsp3) is 0.414. The summed E-state index contributed by atoms with van der Waals surface area (Å²) in [6.07, 6.45) is 2.33. The van der Waals surface area contributed by atoms with Crippen LogP contribution >= 0.6 is 0 Å². The van der Waals surface area contributed by atoms with Crippen molar-refractivity contribution in [3.8, 4) is 0 Å². The van der Waals surface area contributed by atoms with Crippen LogP contribution in [0, 0.1) is 11.8 Å². The Hall–Kier alpha value is -4.25. The van der Waals surface area contributed by atoms with Gasteiger partial charge in [0.2, 0.25) is 5.91 Å². The van der Waals surface area contributed by atoms with Crippen LogP contribution in [-0.2, 0) is 41.6 Å². The summed E-state index contributed by atoms with van der Waals surface area (Å²) in [5, 5.41) is 14.6. The zero-order chi connectivity index (χ0) is 29.1. The Labute approximate surface area is 232 Å². The molecule has 1 aromatic heterocycles. The lowest BCUT2D eigenvalue weighted by Gasteiger charge is -2.22. The number of methoxy groups -OCH3 is 1. The summed E-state index contributed by atoms with van der Waals surface area (Å²) < 4.78 is 4.82. The zero-order valence-corrected chi connectivity index (χ0v) is 22.9. The third kappa shape index (κ3) is 8.91. The highest BCUT2D eigenvalue weighted by atomic mass is 16.7. The smallest absolute Gasteiger partial charge is 0.360 e. The molecule has 11 nitrogen and oxygen atoms in total. The van der Waals surface area contributed by atoms with Gasteiger partial charge < -0.3 is 25.0 Å². The monoisotopic (exact) mass is 552 g/mol. The van der Waals surface area contributed by atoms with E-state index in [1.807, 2.05) is 61.8 Å². The Bertz CT molecular complexity index is 1290. The van der Waals surface area contributed by atoms with Crippen LogP contribution in [0.1, 0.15) is 44.4 Å². The molecule has 0 saturated carbocycles. The van der Waals surface area contributed by atoms with E-state index in [1.54, 1.807) is 0 Å². The van der Waals surface area contributed by atoms with E-state index < -0.39 is 41.8 Å². The van der Waals surface area contributed by atoms with Gasteiger partial charge in [0.25, 0.3) is 5.91 Å². The number of hydrogen-bond donors (Lipinski definition) is 4. The van der Waals surface area contributed by atoms with Crippen molar-refractivity contribution in [3.63, 3.8) is 0 Å². The van der Waals surface area contributed by atoms with Gasteiger partial charge in [-0.15, -0.1) is 0 Å². The first-order chi connectivity index (χ1) is 19.2. The number of rotatable bonds is 13. The quantitative estimate of drug-likeness (QED) is 0.186. The molecule has 3 aromatic rings. The summed E-state index contributed by atoms with van der Waals surface area (Å²) in [4.78, 5) is 62.5. The molecule has 0 aliphatic carbocycles. The SMILES string of the molecule is COC(=O)CC(Cc1cccc2ccccc12)C(=O)N[C@@H](Cc1cnc[nH]1)C(=O)NOC(=O)C(O)CCC(C)C. The van der Waals surface area contributed by atoms with Crippen LogP contribution in [0.2, 0.25) is 0 Å². The Morgan fingerprint density at radius 2 is 1.75 bits per heavy atom. The number of fused-ring (bicyclic) bond motifs is 1. The van der Waals surface area contributed by atoms with E-state index in [1.165, 1.54) is 19.6 Å². The number of carbonyl (C=O) groups is 4. The minimum Gasteiger partial charge on any atom is -0.469 e. The first kappa shape index (κ1) is 30.3. The highest BCUT2D eigenvalue weighted by Crippen LogP contribution is 2.23. The average molecular weight is 553 g/mol. The maximum atomic E-state index is 13.5. The van der Waals surface area contributed by atoms with Crippen molar-refractivity contribution >= 4 is 34.5 Å². The number of benzene rings is 2. The minimum atomic E-state index is -1.39. The molecule has 0 aliphatic heterocycles. The third-order valence-electron chi connectivity index (χ3n) is 6.51. The van der Waals surface area contributed by atoms with Crippen LogP contribution < -0.4 is 10.8 Å². The van der Waals surface area contributed by atoms with Crippen LogP contribution in [0.5, 0.6) is 0 Å². The standard InChI is InChI=1S/C29H36N4O7/c1-18(2)11-12-25(34)29(38)40-33-28(37)24(15-22-16-30-17-31-22)32-27(36)21(14-26(35)39-3)13-20-9-6-8-19-7-4-5-10-23(19)20/h4-10,16-18,21,24-25,34H,11-15H2,1-3H3,(H,30,31)(H,32,36)(H,33,37)/t21?,24-,25?/m0/s1. The minimum absolute atomic E-state index is 0.00420. The molecule has 3 atom stereocenters. The molecule has 0 aliphatic rings. The molecular formula is C29H36N4O7. The Morgan fingerprint density at radius 3 is 2.45 bits per heavy atom. The van der Waals surface area contributed by atoms with Crippen LogP contribution in [-0.4, -0.2) is 58.1 Å². The van der Waals surface area contributed by atoms with Gasteiger partial charge in [0.05, 0.1) is 25.8 Å². The van der Waals surface area contributed by atoms with Gasteiger partial charge in [-0.2, -0.15) is 5.48 Å². The number of H-pyrrole nitrogens is 1. The first-order valence-corrected chi connectivity index (χ1v) is 13.2. The highest BCUT2D eigenvalue weighted by molar-refractivity contribution is 5.91. The van der Waals surface area contributed by atoms with Gasteiger partial charge in [-0.3, -0.25) is 14.4 Å². The van der Waals surface area contributed by atoms with Crippen molar-refractivity contribution < 1.29 is 33.9 Å². The number of amides is 2. The normalized spacial score (nSPS) is 13.3. The lowest BCUT2D eigenvalue weighted by atomic mass is 9.91. The molecule has 2 amide bonds. The molecule has 0 bridgehead atoms. The van der Waals surface area contributed by atoms with Gasteiger partial charge in [-0.1, -0.05) is 56.3 Å². The van der Waals surface area contributed by atoms with Crippen LogP contribution in [0.15, 0.2) is 55.0 Å². The van der Waals surface area contributed by atoms with E-state index in [0.29, 0.717) is 12.1 Å². The second-order valence-electron chi connectivity index (χ2n) is 10.0. The molecule has 4 N–H and O–H groups in total. The van der Waals surface area contributed by atoms with Crippen LogP contribution in [0.25, 0.3) is 10.8 Å². The first-order valence-electron chi connectivity index (χ1n) is 13.2. The molecule has 2 unspecified atom stereocenters. The topological polar surface area (TPSA) is 160 Å². The maximum absolute atomic E-state index is 13.5. The number of nitrogens with one attached hydrogen (secondary N) is 3. The highest BCUT2D eigenvalue weighted by Gasteiger charge is 2.30.